The molecule has 2 aliphatic rings. The normalized spacial score (nSPS) is 26.7. The highest BCUT2D eigenvalue weighted by Crippen LogP contribution is 2.50. The van der Waals surface area contributed by atoms with Gasteiger partial charge in [0, 0.05) is 11.8 Å². The first-order valence-corrected chi connectivity index (χ1v) is 8.34. The van der Waals surface area contributed by atoms with Crippen LogP contribution in [-0.4, -0.2) is 17.9 Å². The highest BCUT2D eigenvalue weighted by atomic mass is 16.5. The summed E-state index contributed by atoms with van der Waals surface area (Å²) in [4.78, 5) is 24.4. The van der Waals surface area contributed by atoms with Crippen molar-refractivity contribution in [3.05, 3.63) is 46.0 Å². The van der Waals surface area contributed by atoms with E-state index in [0.717, 1.165) is 41.5 Å². The molecule has 1 saturated carbocycles. The van der Waals surface area contributed by atoms with Gasteiger partial charge in [-0.1, -0.05) is 30.2 Å². The summed E-state index contributed by atoms with van der Waals surface area (Å²) < 4.78 is 5.92. The van der Waals surface area contributed by atoms with E-state index in [4.69, 9.17) is 4.74 Å². The molecule has 2 aliphatic carbocycles. The zero-order chi connectivity index (χ0) is 16.8. The Labute approximate surface area is 137 Å². The van der Waals surface area contributed by atoms with Crippen LogP contribution in [0, 0.1) is 26.2 Å². The maximum absolute atomic E-state index is 12.7. The lowest BCUT2D eigenvalue weighted by molar-refractivity contribution is -0.116. The largest absolute Gasteiger partial charge is 0.458 e. The van der Waals surface area contributed by atoms with Gasteiger partial charge < -0.3 is 4.74 Å². The molecular formula is C20H24O3. The molecule has 0 spiro atoms. The van der Waals surface area contributed by atoms with Gasteiger partial charge in [-0.15, -0.1) is 0 Å². The number of hydrogen-bond donors (Lipinski definition) is 0. The van der Waals surface area contributed by atoms with Crippen LogP contribution in [0.15, 0.2) is 23.8 Å². The van der Waals surface area contributed by atoms with E-state index in [1.54, 1.807) is 6.08 Å². The molecule has 0 aromatic heterocycles. The summed E-state index contributed by atoms with van der Waals surface area (Å²) in [5, 5.41) is 0. The van der Waals surface area contributed by atoms with Crippen LogP contribution in [0.1, 0.15) is 59.7 Å². The van der Waals surface area contributed by atoms with Gasteiger partial charge in [0.05, 0.1) is 5.56 Å². The van der Waals surface area contributed by atoms with Crippen molar-refractivity contribution in [3.8, 4) is 0 Å². The van der Waals surface area contributed by atoms with Gasteiger partial charge in [-0.2, -0.15) is 0 Å². The summed E-state index contributed by atoms with van der Waals surface area (Å²) in [6, 6.07) is 4.04. The molecule has 0 saturated heterocycles. The Morgan fingerprint density at radius 2 is 1.83 bits per heavy atom. The number of carbonyl (C=O) groups is 2. The predicted octanol–water partition coefficient (Wildman–Crippen LogP) is 4.23. The molecule has 0 N–H and O–H groups in total. The molecule has 0 amide bonds. The van der Waals surface area contributed by atoms with E-state index in [9.17, 15) is 9.59 Å². The van der Waals surface area contributed by atoms with Crippen LogP contribution in [0.25, 0.3) is 0 Å². The van der Waals surface area contributed by atoms with Crippen LogP contribution in [0.2, 0.25) is 0 Å². The Balaban J connectivity index is 1.85. The third-order valence-corrected chi connectivity index (χ3v) is 5.48. The Morgan fingerprint density at radius 3 is 2.48 bits per heavy atom. The number of allylic oxidation sites excluding steroid dienone is 1. The monoisotopic (exact) mass is 312 g/mol. The fourth-order valence-electron chi connectivity index (χ4n) is 4.18. The second-order valence-corrected chi connectivity index (χ2v) is 7.26. The predicted molar refractivity (Wildman–Crippen MR) is 89.5 cm³/mol. The minimum atomic E-state index is -0.232. The van der Waals surface area contributed by atoms with Crippen molar-refractivity contribution in [1.82, 2.24) is 0 Å². The summed E-state index contributed by atoms with van der Waals surface area (Å²) in [6.45, 7) is 8.07. The van der Waals surface area contributed by atoms with Gasteiger partial charge in [-0.3, -0.25) is 4.79 Å². The van der Waals surface area contributed by atoms with Crippen LogP contribution in [0.5, 0.6) is 0 Å². The number of aryl methyl sites for hydroxylation is 3. The second-order valence-electron chi connectivity index (χ2n) is 7.26. The summed E-state index contributed by atoms with van der Waals surface area (Å²) >= 11 is 0. The molecular weight excluding hydrogens is 288 g/mol. The molecule has 3 rings (SSSR count). The molecule has 0 unspecified atom stereocenters. The molecule has 3 nitrogen and oxygen atoms in total. The highest BCUT2D eigenvalue weighted by Gasteiger charge is 2.47. The number of esters is 1. The lowest BCUT2D eigenvalue weighted by Gasteiger charge is -2.34. The average molecular weight is 312 g/mol. The third kappa shape index (κ3) is 2.73. The number of fused-ring (bicyclic) bond motifs is 1. The van der Waals surface area contributed by atoms with Crippen molar-refractivity contribution >= 4 is 11.8 Å². The maximum atomic E-state index is 12.7. The molecule has 3 heteroatoms. The van der Waals surface area contributed by atoms with E-state index >= 15 is 0 Å². The molecule has 1 fully saturated rings. The van der Waals surface area contributed by atoms with E-state index < -0.39 is 0 Å². The van der Waals surface area contributed by atoms with E-state index in [2.05, 4.69) is 6.92 Å². The zero-order valence-corrected chi connectivity index (χ0v) is 14.4. The minimum absolute atomic E-state index is 0.130. The summed E-state index contributed by atoms with van der Waals surface area (Å²) in [7, 11) is 0. The van der Waals surface area contributed by atoms with Gasteiger partial charge in [0.15, 0.2) is 5.78 Å². The molecule has 2 atom stereocenters. The van der Waals surface area contributed by atoms with Gasteiger partial charge >= 0.3 is 5.97 Å². The number of rotatable bonds is 2. The van der Waals surface area contributed by atoms with Crippen molar-refractivity contribution in [1.29, 1.82) is 0 Å². The van der Waals surface area contributed by atoms with Crippen LogP contribution >= 0.6 is 0 Å². The SMILES string of the molecule is Cc1cc(C)c(C(=O)O[C@@H]2CCC3=CC(=O)CC[C@@]32C)c(C)c1. The first-order chi connectivity index (χ1) is 10.8. The highest BCUT2D eigenvalue weighted by molar-refractivity contribution is 5.93. The van der Waals surface area contributed by atoms with E-state index in [0.29, 0.717) is 12.0 Å². The van der Waals surface area contributed by atoms with Crippen LogP contribution in [0.4, 0.5) is 0 Å². The summed E-state index contributed by atoms with van der Waals surface area (Å²) in [5.74, 6) is -0.0287. The van der Waals surface area contributed by atoms with Gasteiger partial charge in [0.1, 0.15) is 6.10 Å². The molecule has 0 bridgehead atoms. The number of ether oxygens (including phenoxy) is 1. The first-order valence-electron chi connectivity index (χ1n) is 8.34. The second kappa shape index (κ2) is 5.63. The van der Waals surface area contributed by atoms with Crippen molar-refractivity contribution in [2.45, 2.75) is 59.5 Å². The van der Waals surface area contributed by atoms with Gasteiger partial charge in [-0.25, -0.2) is 4.79 Å². The lowest BCUT2D eigenvalue weighted by Crippen LogP contribution is -2.35. The molecule has 0 radical (unpaired) electrons. The molecule has 0 aliphatic heterocycles. The Bertz CT molecular complexity index is 691. The smallest absolute Gasteiger partial charge is 0.338 e. The average Bonchev–Trinajstić information content (AvgIpc) is 2.75. The maximum Gasteiger partial charge on any atom is 0.338 e. The number of ketones is 1. The molecule has 122 valence electrons. The fraction of sp³-hybridized carbons (Fsp3) is 0.500. The summed E-state index contributed by atoms with van der Waals surface area (Å²) in [5.41, 5.74) is 4.75. The number of benzene rings is 1. The standard InChI is InChI=1S/C20H24O3/c1-12-9-13(2)18(14(3)10-12)19(22)23-17-6-5-15-11-16(21)7-8-20(15,17)4/h9-11,17H,5-8H2,1-4H3/t17-,20+/m1/s1. The van der Waals surface area contributed by atoms with E-state index in [-0.39, 0.29) is 23.3 Å². The number of hydrogen-bond acceptors (Lipinski definition) is 3. The zero-order valence-electron chi connectivity index (χ0n) is 14.4. The Morgan fingerprint density at radius 1 is 1.17 bits per heavy atom. The quantitative estimate of drug-likeness (QED) is 0.768. The van der Waals surface area contributed by atoms with Gasteiger partial charge in [0.2, 0.25) is 0 Å². The van der Waals surface area contributed by atoms with Crippen LogP contribution in [-0.2, 0) is 9.53 Å². The Hall–Kier alpha value is -1.90. The first kappa shape index (κ1) is 16.0. The molecule has 1 aromatic rings. The van der Waals surface area contributed by atoms with Crippen molar-refractivity contribution in [2.24, 2.45) is 5.41 Å². The van der Waals surface area contributed by atoms with E-state index in [1.165, 1.54) is 0 Å². The lowest BCUT2D eigenvalue weighted by atomic mass is 9.74. The van der Waals surface area contributed by atoms with Gasteiger partial charge in [-0.05, 0) is 57.2 Å². The van der Waals surface area contributed by atoms with Crippen LogP contribution < -0.4 is 0 Å². The fourth-order valence-corrected chi connectivity index (χ4v) is 4.18. The third-order valence-electron chi connectivity index (χ3n) is 5.48. The number of carbonyl (C=O) groups excluding carboxylic acids is 2. The van der Waals surface area contributed by atoms with E-state index in [1.807, 2.05) is 32.9 Å². The van der Waals surface area contributed by atoms with Gasteiger partial charge in [0.25, 0.3) is 0 Å². The van der Waals surface area contributed by atoms with Crippen molar-refractivity contribution < 1.29 is 14.3 Å². The van der Waals surface area contributed by atoms with Crippen molar-refractivity contribution in [3.63, 3.8) is 0 Å². The molecule has 0 heterocycles. The minimum Gasteiger partial charge on any atom is -0.458 e. The van der Waals surface area contributed by atoms with Crippen molar-refractivity contribution in [2.75, 3.05) is 0 Å². The molecule has 23 heavy (non-hydrogen) atoms. The topological polar surface area (TPSA) is 43.4 Å². The molecule has 1 aromatic carbocycles. The van der Waals surface area contributed by atoms with Crippen LogP contribution in [0.3, 0.4) is 0 Å². The Kier molecular flexibility index (Phi) is 3.91. The summed E-state index contributed by atoms with van der Waals surface area (Å²) in [6.07, 6.45) is 4.64.